The Balaban J connectivity index is 1.69. The number of ether oxygens (including phenoxy) is 3. The lowest BCUT2D eigenvalue weighted by Gasteiger charge is -2.13. The molecule has 0 aliphatic heterocycles. The second kappa shape index (κ2) is 10.5. The van der Waals surface area contributed by atoms with Crippen molar-refractivity contribution in [3.8, 4) is 17.2 Å². The van der Waals surface area contributed by atoms with Crippen LogP contribution in [0.3, 0.4) is 0 Å². The van der Waals surface area contributed by atoms with Crippen molar-refractivity contribution in [1.29, 1.82) is 0 Å². The smallest absolute Gasteiger partial charge is 0.220 e. The molecule has 146 valence electrons. The topological polar surface area (TPSA) is 56.8 Å². The maximum atomic E-state index is 12.0. The van der Waals surface area contributed by atoms with Crippen molar-refractivity contribution < 1.29 is 19.0 Å². The highest BCUT2D eigenvalue weighted by molar-refractivity contribution is 5.75. The number of nitrogens with one attached hydrogen (secondary N) is 1. The molecule has 0 atom stereocenters. The molecule has 1 amide bonds. The maximum Gasteiger partial charge on any atom is 0.220 e. The quantitative estimate of drug-likeness (QED) is 0.645. The van der Waals surface area contributed by atoms with Crippen LogP contribution in [0.15, 0.2) is 36.4 Å². The average molecular weight is 371 g/mol. The number of hydrogen-bond donors (Lipinski definition) is 1. The summed E-state index contributed by atoms with van der Waals surface area (Å²) in [5, 5.41) is 2.96. The molecule has 0 aliphatic rings. The largest absolute Gasteiger partial charge is 0.494 e. The monoisotopic (exact) mass is 371 g/mol. The van der Waals surface area contributed by atoms with Crippen LogP contribution in [-0.4, -0.2) is 33.3 Å². The Morgan fingerprint density at radius 3 is 2.33 bits per heavy atom. The van der Waals surface area contributed by atoms with E-state index in [1.165, 1.54) is 5.56 Å². The third-order valence-corrected chi connectivity index (χ3v) is 4.40. The van der Waals surface area contributed by atoms with Crippen LogP contribution in [0.5, 0.6) is 17.2 Å². The minimum absolute atomic E-state index is 0.0423. The van der Waals surface area contributed by atoms with Gasteiger partial charge in [-0.05, 0) is 62.1 Å². The Labute approximate surface area is 161 Å². The fourth-order valence-corrected chi connectivity index (χ4v) is 2.77. The summed E-state index contributed by atoms with van der Waals surface area (Å²) in [4.78, 5) is 12.0. The third kappa shape index (κ3) is 6.51. The van der Waals surface area contributed by atoms with Gasteiger partial charge in [-0.25, -0.2) is 0 Å². The number of hydrogen-bond acceptors (Lipinski definition) is 4. The van der Waals surface area contributed by atoms with E-state index in [9.17, 15) is 4.79 Å². The Bertz CT molecular complexity index is 741. The number of rotatable bonds is 10. The van der Waals surface area contributed by atoms with Gasteiger partial charge in [-0.3, -0.25) is 4.79 Å². The molecule has 0 unspecified atom stereocenters. The Hall–Kier alpha value is -2.69. The van der Waals surface area contributed by atoms with Gasteiger partial charge in [0.05, 0.1) is 20.8 Å². The predicted octanol–water partition coefficient (Wildman–Crippen LogP) is 3.84. The van der Waals surface area contributed by atoms with Crippen molar-refractivity contribution in [3.05, 3.63) is 53.1 Å². The van der Waals surface area contributed by atoms with Crippen molar-refractivity contribution in [1.82, 2.24) is 5.32 Å². The molecule has 5 heteroatoms. The summed E-state index contributed by atoms with van der Waals surface area (Å²) in [6.45, 7) is 5.19. The van der Waals surface area contributed by atoms with Crippen molar-refractivity contribution in [2.45, 2.75) is 33.1 Å². The minimum Gasteiger partial charge on any atom is -0.494 e. The molecule has 2 aromatic rings. The van der Waals surface area contributed by atoms with Crippen LogP contribution in [0, 0.1) is 13.8 Å². The highest BCUT2D eigenvalue weighted by atomic mass is 16.5. The second-order valence-corrected chi connectivity index (χ2v) is 6.50. The molecular weight excluding hydrogens is 342 g/mol. The third-order valence-electron chi connectivity index (χ3n) is 4.40. The molecule has 0 aliphatic carbocycles. The van der Waals surface area contributed by atoms with Gasteiger partial charge in [0, 0.05) is 13.0 Å². The number of carbonyl (C=O) groups is 1. The molecule has 0 fully saturated rings. The molecule has 2 rings (SSSR count). The Kier molecular flexibility index (Phi) is 7.99. The van der Waals surface area contributed by atoms with Gasteiger partial charge in [-0.15, -0.1) is 0 Å². The standard InChI is InChI=1S/C22H29NO4/c1-16-7-9-19(10-8-16)27-13-5-6-22(24)23-12-11-18-15-21(26-4)20(25-3)14-17(18)2/h7-10,14-15H,5-6,11-13H2,1-4H3,(H,23,24). The van der Waals surface area contributed by atoms with Gasteiger partial charge in [-0.1, -0.05) is 17.7 Å². The first-order valence-corrected chi connectivity index (χ1v) is 9.21. The first-order valence-electron chi connectivity index (χ1n) is 9.21. The normalized spacial score (nSPS) is 10.4. The van der Waals surface area contributed by atoms with Crippen LogP contribution in [0.4, 0.5) is 0 Å². The zero-order valence-corrected chi connectivity index (χ0v) is 16.6. The molecule has 5 nitrogen and oxygen atoms in total. The van der Waals surface area contributed by atoms with Gasteiger partial charge in [-0.2, -0.15) is 0 Å². The summed E-state index contributed by atoms with van der Waals surface area (Å²) in [6, 6.07) is 11.8. The van der Waals surface area contributed by atoms with Gasteiger partial charge >= 0.3 is 0 Å². The van der Waals surface area contributed by atoms with Gasteiger partial charge < -0.3 is 19.5 Å². The number of aryl methyl sites for hydroxylation is 2. The van der Waals surface area contributed by atoms with E-state index < -0.39 is 0 Å². The van der Waals surface area contributed by atoms with Crippen LogP contribution < -0.4 is 19.5 Å². The Morgan fingerprint density at radius 2 is 1.67 bits per heavy atom. The second-order valence-electron chi connectivity index (χ2n) is 6.50. The van der Waals surface area contributed by atoms with Gasteiger partial charge in [0.2, 0.25) is 5.91 Å². The van der Waals surface area contributed by atoms with Gasteiger partial charge in [0.15, 0.2) is 11.5 Å². The molecule has 0 heterocycles. The summed E-state index contributed by atoms with van der Waals surface area (Å²) in [6.07, 6.45) is 1.89. The van der Waals surface area contributed by atoms with Gasteiger partial charge in [0.25, 0.3) is 0 Å². The summed E-state index contributed by atoms with van der Waals surface area (Å²) in [7, 11) is 3.25. The maximum absolute atomic E-state index is 12.0. The number of carbonyl (C=O) groups excluding carboxylic acids is 1. The van der Waals surface area contributed by atoms with Crippen LogP contribution in [0.25, 0.3) is 0 Å². The van der Waals surface area contributed by atoms with Crippen LogP contribution in [0.2, 0.25) is 0 Å². The lowest BCUT2D eigenvalue weighted by Crippen LogP contribution is -2.26. The molecule has 27 heavy (non-hydrogen) atoms. The van der Waals surface area contributed by atoms with Crippen molar-refractivity contribution in [2.75, 3.05) is 27.4 Å². The highest BCUT2D eigenvalue weighted by Crippen LogP contribution is 2.30. The fraction of sp³-hybridized carbons (Fsp3) is 0.409. The average Bonchev–Trinajstić information content (AvgIpc) is 2.67. The molecule has 2 aromatic carbocycles. The van der Waals surface area contributed by atoms with E-state index in [2.05, 4.69) is 5.32 Å². The summed E-state index contributed by atoms with van der Waals surface area (Å²) in [5.74, 6) is 2.31. The lowest BCUT2D eigenvalue weighted by atomic mass is 10.0. The molecule has 0 saturated heterocycles. The van der Waals surface area contributed by atoms with E-state index in [4.69, 9.17) is 14.2 Å². The lowest BCUT2D eigenvalue weighted by molar-refractivity contribution is -0.121. The van der Waals surface area contributed by atoms with Crippen molar-refractivity contribution in [3.63, 3.8) is 0 Å². The molecule has 0 aromatic heterocycles. The highest BCUT2D eigenvalue weighted by Gasteiger charge is 2.09. The first kappa shape index (κ1) is 20.6. The van der Waals surface area contributed by atoms with Crippen LogP contribution in [0.1, 0.15) is 29.5 Å². The number of methoxy groups -OCH3 is 2. The molecule has 0 spiro atoms. The first-order chi connectivity index (χ1) is 13.0. The van der Waals surface area contributed by atoms with E-state index in [-0.39, 0.29) is 5.91 Å². The van der Waals surface area contributed by atoms with Crippen LogP contribution in [-0.2, 0) is 11.2 Å². The fourth-order valence-electron chi connectivity index (χ4n) is 2.77. The van der Waals surface area contributed by atoms with Gasteiger partial charge in [0.1, 0.15) is 5.75 Å². The van der Waals surface area contributed by atoms with E-state index in [0.717, 1.165) is 29.0 Å². The Morgan fingerprint density at radius 1 is 1.00 bits per heavy atom. The summed E-state index contributed by atoms with van der Waals surface area (Å²) in [5.41, 5.74) is 3.45. The zero-order valence-electron chi connectivity index (χ0n) is 16.6. The SMILES string of the molecule is COc1cc(C)c(CCNC(=O)CCCOc2ccc(C)cc2)cc1OC. The molecule has 0 bridgehead atoms. The summed E-state index contributed by atoms with van der Waals surface area (Å²) >= 11 is 0. The molecule has 0 saturated carbocycles. The van der Waals surface area contributed by atoms with E-state index in [1.54, 1.807) is 14.2 Å². The zero-order chi connectivity index (χ0) is 19.6. The van der Waals surface area contributed by atoms with E-state index in [1.807, 2.05) is 50.2 Å². The van der Waals surface area contributed by atoms with E-state index >= 15 is 0 Å². The number of amides is 1. The molecule has 1 N–H and O–H groups in total. The van der Waals surface area contributed by atoms with Crippen molar-refractivity contribution in [2.24, 2.45) is 0 Å². The van der Waals surface area contributed by atoms with Crippen LogP contribution >= 0.6 is 0 Å². The summed E-state index contributed by atoms with van der Waals surface area (Å²) < 4.78 is 16.3. The minimum atomic E-state index is 0.0423. The predicted molar refractivity (Wildman–Crippen MR) is 107 cm³/mol. The molecular formula is C22H29NO4. The van der Waals surface area contributed by atoms with Crippen molar-refractivity contribution >= 4 is 5.91 Å². The molecule has 0 radical (unpaired) electrons. The van der Waals surface area contributed by atoms with E-state index in [0.29, 0.717) is 31.7 Å². The number of benzene rings is 2.